The van der Waals surface area contributed by atoms with Gasteiger partial charge in [0.2, 0.25) is 0 Å². The van der Waals surface area contributed by atoms with Gasteiger partial charge in [-0.1, -0.05) is 45.9 Å². The van der Waals surface area contributed by atoms with E-state index < -0.39 is 68.6 Å². The van der Waals surface area contributed by atoms with Crippen molar-refractivity contribution in [3.8, 4) is 5.75 Å². The number of anilines is 1. The Morgan fingerprint density at radius 2 is 1.76 bits per heavy atom. The van der Waals surface area contributed by atoms with E-state index in [9.17, 15) is 14.2 Å². The predicted octanol–water partition coefficient (Wildman–Crippen LogP) is 4.15. The number of hydrogen-bond acceptors (Lipinski definition) is 11. The van der Waals surface area contributed by atoms with Gasteiger partial charge in [0, 0.05) is 6.66 Å². The number of esters is 2. The summed E-state index contributed by atoms with van der Waals surface area (Å²) in [6, 6.07) is 11.6. The number of nitrogens with zero attached hydrogens (tertiary/aromatic N) is 3. The first-order chi connectivity index (χ1) is 19.4. The van der Waals surface area contributed by atoms with Crippen LogP contribution in [0.4, 0.5) is 10.2 Å². The molecule has 0 spiro atoms. The number of aromatic nitrogens is 3. The number of hydrogen-bond donors (Lipinski definition) is 1. The minimum Gasteiger partial charge on any atom is -0.455 e. The average Bonchev–Trinajstić information content (AvgIpc) is 3.48. The maximum Gasteiger partial charge on any atom is 0.376 e. The average molecular weight is 593 g/mol. The molecular formula is C27H34FN4O8P. The van der Waals surface area contributed by atoms with Gasteiger partial charge in [-0.15, -0.1) is 0 Å². The molecule has 0 amide bonds. The van der Waals surface area contributed by atoms with Gasteiger partial charge in [0.15, 0.2) is 23.6 Å². The molecule has 1 saturated heterocycles. The number of rotatable bonds is 11. The van der Waals surface area contributed by atoms with E-state index in [0.29, 0.717) is 11.2 Å². The highest BCUT2D eigenvalue weighted by Crippen LogP contribution is 2.50. The lowest BCUT2D eigenvalue weighted by Gasteiger charge is -2.33. The third kappa shape index (κ3) is 6.52. The van der Waals surface area contributed by atoms with Gasteiger partial charge in [0.05, 0.1) is 24.1 Å². The summed E-state index contributed by atoms with van der Waals surface area (Å²) in [5.41, 5.74) is 4.72. The summed E-state index contributed by atoms with van der Waals surface area (Å²) in [4.78, 5) is 29.7. The molecule has 12 nitrogen and oxygen atoms in total. The molecule has 0 radical (unpaired) electrons. The van der Waals surface area contributed by atoms with Crippen molar-refractivity contribution in [2.75, 3.05) is 25.7 Å². The molecule has 2 N–H and O–H groups in total. The topological polar surface area (TPSA) is 154 Å². The van der Waals surface area contributed by atoms with Gasteiger partial charge in [-0.2, -0.15) is 5.10 Å². The van der Waals surface area contributed by atoms with Crippen molar-refractivity contribution in [3.05, 3.63) is 54.5 Å². The normalized spacial score (nSPS) is 24.0. The second-order valence-electron chi connectivity index (χ2n) is 10.5. The third-order valence-electron chi connectivity index (χ3n) is 6.50. The number of carbonyl (C=O) groups excluding carboxylic acids is 2. The minimum absolute atomic E-state index is 0.174. The van der Waals surface area contributed by atoms with E-state index in [0.717, 1.165) is 0 Å². The van der Waals surface area contributed by atoms with Crippen molar-refractivity contribution in [1.82, 2.24) is 14.6 Å². The van der Waals surface area contributed by atoms with E-state index in [-0.39, 0.29) is 11.6 Å². The van der Waals surface area contributed by atoms with Crippen molar-refractivity contribution in [2.45, 2.75) is 51.6 Å². The molecule has 2 aromatic heterocycles. The second-order valence-corrected chi connectivity index (χ2v) is 12.4. The zero-order valence-corrected chi connectivity index (χ0v) is 24.3. The number of alkyl halides is 1. The lowest BCUT2D eigenvalue weighted by Crippen LogP contribution is -2.52. The fraction of sp³-hybridized carbons (Fsp3) is 0.481. The first-order valence-electron chi connectivity index (χ1n) is 13.1. The summed E-state index contributed by atoms with van der Waals surface area (Å²) in [5.74, 6) is -2.03. The Labute approximate surface area is 236 Å². The van der Waals surface area contributed by atoms with Gasteiger partial charge in [-0.3, -0.25) is 14.1 Å². The van der Waals surface area contributed by atoms with Crippen molar-refractivity contribution >= 4 is 30.9 Å². The van der Waals surface area contributed by atoms with E-state index >= 15 is 4.39 Å². The Bertz CT molecular complexity index is 1440. The summed E-state index contributed by atoms with van der Waals surface area (Å²) in [7, 11) is -3.83. The summed E-state index contributed by atoms with van der Waals surface area (Å²) in [6.07, 6.45) is -2.78. The van der Waals surface area contributed by atoms with Gasteiger partial charge in [-0.05, 0) is 24.3 Å². The van der Waals surface area contributed by atoms with Crippen molar-refractivity contribution < 1.29 is 41.8 Å². The van der Waals surface area contributed by atoms with Gasteiger partial charge in [0.1, 0.15) is 30.4 Å². The lowest BCUT2D eigenvalue weighted by molar-refractivity contribution is -0.178. The number of fused-ring (bicyclic) bond motifs is 1. The van der Waals surface area contributed by atoms with Gasteiger partial charge in [-0.25, -0.2) is 18.5 Å². The van der Waals surface area contributed by atoms with E-state index in [1.807, 2.05) is 0 Å². The van der Waals surface area contributed by atoms with Crippen LogP contribution in [-0.4, -0.2) is 64.3 Å². The van der Waals surface area contributed by atoms with Crippen LogP contribution in [0.5, 0.6) is 5.75 Å². The smallest absolute Gasteiger partial charge is 0.376 e. The molecule has 1 aliphatic heterocycles. The Hall–Kier alpha value is -3.54. The molecule has 5 atom stereocenters. The predicted molar refractivity (Wildman–Crippen MR) is 146 cm³/mol. The zero-order chi connectivity index (χ0) is 29.9. The Morgan fingerprint density at radius 1 is 1.10 bits per heavy atom. The lowest BCUT2D eigenvalue weighted by atomic mass is 9.95. The van der Waals surface area contributed by atoms with Crippen LogP contribution < -0.4 is 10.3 Å². The van der Waals surface area contributed by atoms with Crippen LogP contribution in [0.3, 0.4) is 0 Å². The third-order valence-corrected chi connectivity index (χ3v) is 7.64. The number of nitrogen functional groups attached to an aromatic ring is 1. The molecule has 1 unspecified atom stereocenters. The molecule has 3 aromatic rings. The van der Waals surface area contributed by atoms with Gasteiger partial charge < -0.3 is 24.5 Å². The molecular weight excluding hydrogens is 558 g/mol. The molecule has 41 heavy (non-hydrogen) atoms. The summed E-state index contributed by atoms with van der Waals surface area (Å²) >= 11 is 0. The van der Waals surface area contributed by atoms with Crippen molar-refractivity contribution in [3.63, 3.8) is 0 Å². The van der Waals surface area contributed by atoms with Gasteiger partial charge in [0.25, 0.3) is 0 Å². The highest BCUT2D eigenvalue weighted by Gasteiger charge is 2.61. The molecule has 1 aromatic carbocycles. The largest absolute Gasteiger partial charge is 0.455 e. The molecule has 0 aliphatic carbocycles. The van der Waals surface area contributed by atoms with Crippen molar-refractivity contribution in [1.29, 1.82) is 0 Å². The molecule has 0 bridgehead atoms. The number of benzene rings is 1. The standard InChI is InChI=1S/C27H34FN4O8P/c1-16(2)25(33)37-22-21(19-11-12-20-24(29)30-15-31-32(19)20)39-27(13-28,23(22)38-26(34)17(3)4)14-36-41(5,35)40-18-9-7-6-8-10-18/h6-12,15-17,21-23H,13-14H2,1-5H3,(H2,29,30,31)/t21-,22-,23-,27+,41?/m0/s1. The maximum atomic E-state index is 15.2. The number of halogens is 1. The monoisotopic (exact) mass is 592 g/mol. The van der Waals surface area contributed by atoms with E-state index in [1.165, 1.54) is 17.5 Å². The molecule has 1 aliphatic rings. The van der Waals surface area contributed by atoms with Crippen LogP contribution in [0.2, 0.25) is 0 Å². The van der Waals surface area contributed by atoms with Crippen molar-refractivity contribution in [2.24, 2.45) is 11.8 Å². The maximum absolute atomic E-state index is 15.2. The quantitative estimate of drug-likeness (QED) is 0.252. The number of nitrogens with two attached hydrogens (primary N) is 1. The molecule has 3 heterocycles. The first-order valence-corrected chi connectivity index (χ1v) is 15.1. The summed E-state index contributed by atoms with van der Waals surface area (Å²) < 4.78 is 58.9. The fourth-order valence-electron chi connectivity index (χ4n) is 4.28. The number of ether oxygens (including phenoxy) is 3. The Morgan fingerprint density at radius 3 is 2.39 bits per heavy atom. The zero-order valence-electron chi connectivity index (χ0n) is 23.4. The summed E-state index contributed by atoms with van der Waals surface area (Å²) in [6.45, 7) is 5.78. The SMILES string of the molecule is CC(C)C(=O)O[C@H]1[C@H](c2ccc3c(N)ncnn23)O[C@](CF)(COP(C)(=O)Oc2ccccc2)[C@H]1OC(=O)C(C)C. The van der Waals surface area contributed by atoms with Crippen LogP contribution in [0.15, 0.2) is 48.8 Å². The van der Waals surface area contributed by atoms with Crippen LogP contribution in [0, 0.1) is 11.8 Å². The Kier molecular flexibility index (Phi) is 9.00. The summed E-state index contributed by atoms with van der Waals surface area (Å²) in [5, 5.41) is 4.22. The van der Waals surface area contributed by atoms with E-state index in [4.69, 9.17) is 29.0 Å². The highest BCUT2D eigenvalue weighted by molar-refractivity contribution is 7.53. The molecule has 1 fully saturated rings. The molecule has 0 saturated carbocycles. The molecule has 222 valence electrons. The van der Waals surface area contributed by atoms with E-state index in [2.05, 4.69) is 10.1 Å². The van der Waals surface area contributed by atoms with Crippen LogP contribution in [0.25, 0.3) is 5.52 Å². The second kappa shape index (κ2) is 12.1. The van der Waals surface area contributed by atoms with Crippen LogP contribution in [-0.2, 0) is 32.9 Å². The van der Waals surface area contributed by atoms with Crippen LogP contribution >= 0.6 is 7.60 Å². The number of para-hydroxylation sites is 1. The molecule has 14 heteroatoms. The van der Waals surface area contributed by atoms with Gasteiger partial charge >= 0.3 is 19.5 Å². The van der Waals surface area contributed by atoms with E-state index in [1.54, 1.807) is 70.2 Å². The fourth-order valence-corrected chi connectivity index (χ4v) is 5.29. The Balaban J connectivity index is 1.76. The van der Waals surface area contributed by atoms with Crippen LogP contribution in [0.1, 0.15) is 39.5 Å². The number of carbonyl (C=O) groups is 2. The highest BCUT2D eigenvalue weighted by atomic mass is 31.2. The molecule has 4 rings (SSSR count). The first kappa shape index (κ1) is 30.4. The minimum atomic E-state index is -3.83.